The van der Waals surface area contributed by atoms with Crippen molar-refractivity contribution >= 4 is 5.91 Å². The van der Waals surface area contributed by atoms with Crippen molar-refractivity contribution in [3.05, 3.63) is 36.2 Å². The highest BCUT2D eigenvalue weighted by molar-refractivity contribution is 5.76. The second kappa shape index (κ2) is 6.05. The summed E-state index contributed by atoms with van der Waals surface area (Å²) >= 11 is 0. The molecule has 1 aromatic carbocycles. The van der Waals surface area contributed by atoms with Crippen LogP contribution in [0.3, 0.4) is 0 Å². The molecular formula is C15H18N4O2. The van der Waals surface area contributed by atoms with Crippen LogP contribution in [-0.4, -0.2) is 40.6 Å². The Morgan fingerprint density at radius 3 is 2.90 bits per heavy atom. The molecule has 1 aliphatic heterocycles. The van der Waals surface area contributed by atoms with Gasteiger partial charge in [0.1, 0.15) is 0 Å². The van der Waals surface area contributed by atoms with Gasteiger partial charge in [-0.1, -0.05) is 18.2 Å². The van der Waals surface area contributed by atoms with E-state index in [0.29, 0.717) is 24.7 Å². The number of aromatic nitrogens is 2. The maximum absolute atomic E-state index is 11.4. The highest BCUT2D eigenvalue weighted by Gasteiger charge is 2.22. The van der Waals surface area contributed by atoms with Crippen LogP contribution in [0.15, 0.2) is 34.7 Å². The minimum absolute atomic E-state index is 0.206. The van der Waals surface area contributed by atoms with E-state index >= 15 is 0 Å². The Balaban J connectivity index is 1.57. The molecule has 0 spiro atoms. The Kier molecular flexibility index (Phi) is 3.96. The summed E-state index contributed by atoms with van der Waals surface area (Å²) in [4.78, 5) is 13.2. The Morgan fingerprint density at radius 2 is 2.14 bits per heavy atom. The maximum Gasteiger partial charge on any atom is 0.247 e. The SMILES string of the molecule is CN1CC(NCc2nnc(-c3ccccc3)o2)CCC1=O. The number of benzene rings is 1. The minimum atomic E-state index is 0.206. The van der Waals surface area contributed by atoms with Gasteiger partial charge >= 0.3 is 0 Å². The highest BCUT2D eigenvalue weighted by Crippen LogP contribution is 2.17. The monoisotopic (exact) mass is 286 g/mol. The van der Waals surface area contributed by atoms with Gasteiger partial charge in [0.25, 0.3) is 0 Å². The van der Waals surface area contributed by atoms with Crippen LogP contribution in [0.25, 0.3) is 11.5 Å². The van der Waals surface area contributed by atoms with Crippen LogP contribution in [0.4, 0.5) is 0 Å². The zero-order chi connectivity index (χ0) is 14.7. The summed E-state index contributed by atoms with van der Waals surface area (Å²) in [5, 5.41) is 11.5. The van der Waals surface area contributed by atoms with Crippen molar-refractivity contribution in [1.82, 2.24) is 20.4 Å². The molecule has 2 aromatic rings. The third-order valence-corrected chi connectivity index (χ3v) is 3.66. The summed E-state index contributed by atoms with van der Waals surface area (Å²) in [6.45, 7) is 1.24. The average Bonchev–Trinajstić information content (AvgIpc) is 2.98. The van der Waals surface area contributed by atoms with Crippen LogP contribution in [0.5, 0.6) is 0 Å². The zero-order valence-electron chi connectivity index (χ0n) is 12.0. The number of hydrogen-bond donors (Lipinski definition) is 1. The number of hydrogen-bond acceptors (Lipinski definition) is 5. The lowest BCUT2D eigenvalue weighted by Gasteiger charge is -2.29. The minimum Gasteiger partial charge on any atom is -0.419 e. The lowest BCUT2D eigenvalue weighted by Crippen LogP contribution is -2.46. The van der Waals surface area contributed by atoms with Crippen molar-refractivity contribution in [3.63, 3.8) is 0 Å². The van der Waals surface area contributed by atoms with E-state index in [1.807, 2.05) is 37.4 Å². The molecule has 0 saturated carbocycles. The van der Waals surface area contributed by atoms with E-state index in [9.17, 15) is 4.79 Å². The van der Waals surface area contributed by atoms with Gasteiger partial charge in [0.15, 0.2) is 0 Å². The molecule has 1 aliphatic rings. The number of carbonyl (C=O) groups is 1. The summed E-state index contributed by atoms with van der Waals surface area (Å²) in [6.07, 6.45) is 1.44. The van der Waals surface area contributed by atoms with E-state index in [1.54, 1.807) is 4.90 Å². The summed E-state index contributed by atoms with van der Waals surface area (Å²) in [5.74, 6) is 1.30. The Morgan fingerprint density at radius 1 is 1.33 bits per heavy atom. The van der Waals surface area contributed by atoms with Gasteiger partial charge < -0.3 is 14.6 Å². The van der Waals surface area contributed by atoms with Gasteiger partial charge in [0.05, 0.1) is 6.54 Å². The number of nitrogens with zero attached hydrogens (tertiary/aromatic N) is 3. The first-order chi connectivity index (χ1) is 10.2. The van der Waals surface area contributed by atoms with E-state index in [1.165, 1.54) is 0 Å². The first-order valence-corrected chi connectivity index (χ1v) is 7.07. The molecule has 6 heteroatoms. The molecule has 1 atom stereocenters. The van der Waals surface area contributed by atoms with Gasteiger partial charge in [0, 0.05) is 31.6 Å². The van der Waals surface area contributed by atoms with Crippen molar-refractivity contribution in [2.45, 2.75) is 25.4 Å². The fourth-order valence-electron chi connectivity index (χ4n) is 2.43. The number of likely N-dealkylation sites (N-methyl/N-ethyl adjacent to an activating group) is 1. The fourth-order valence-corrected chi connectivity index (χ4v) is 2.43. The third kappa shape index (κ3) is 3.28. The lowest BCUT2D eigenvalue weighted by atomic mass is 10.1. The van der Waals surface area contributed by atoms with Crippen molar-refractivity contribution in [2.24, 2.45) is 0 Å². The van der Waals surface area contributed by atoms with Crippen molar-refractivity contribution in [2.75, 3.05) is 13.6 Å². The Labute approximate surface area is 123 Å². The number of likely N-dealkylation sites (tertiary alicyclic amines) is 1. The first kappa shape index (κ1) is 13.8. The molecule has 1 amide bonds. The quantitative estimate of drug-likeness (QED) is 0.921. The predicted octanol–water partition coefficient (Wildman–Crippen LogP) is 1.45. The third-order valence-electron chi connectivity index (χ3n) is 3.66. The second-order valence-corrected chi connectivity index (χ2v) is 5.26. The van der Waals surface area contributed by atoms with Gasteiger partial charge in [-0.25, -0.2) is 0 Å². The highest BCUT2D eigenvalue weighted by atomic mass is 16.4. The van der Waals surface area contributed by atoms with Gasteiger partial charge in [-0.2, -0.15) is 0 Å². The summed E-state index contributed by atoms with van der Waals surface area (Å²) in [5.41, 5.74) is 0.916. The molecular weight excluding hydrogens is 268 g/mol. The number of piperidine rings is 1. The summed E-state index contributed by atoms with van der Waals surface area (Å²) < 4.78 is 5.64. The van der Waals surface area contributed by atoms with E-state index in [0.717, 1.165) is 18.5 Å². The zero-order valence-corrected chi connectivity index (χ0v) is 12.0. The molecule has 3 rings (SSSR count). The smallest absolute Gasteiger partial charge is 0.247 e. The molecule has 2 heterocycles. The van der Waals surface area contributed by atoms with E-state index in [4.69, 9.17) is 4.42 Å². The molecule has 0 aliphatic carbocycles. The van der Waals surface area contributed by atoms with E-state index < -0.39 is 0 Å². The van der Waals surface area contributed by atoms with Crippen molar-refractivity contribution < 1.29 is 9.21 Å². The molecule has 1 fully saturated rings. The fraction of sp³-hybridized carbons (Fsp3) is 0.400. The van der Waals surface area contributed by atoms with Crippen LogP contribution >= 0.6 is 0 Å². The standard InChI is InChI=1S/C15H18N4O2/c1-19-10-12(7-8-14(19)20)16-9-13-17-18-15(21-13)11-5-3-2-4-6-11/h2-6,12,16H,7-10H2,1H3. The predicted molar refractivity (Wildman–Crippen MR) is 77.2 cm³/mol. The van der Waals surface area contributed by atoms with Gasteiger partial charge in [-0.05, 0) is 18.6 Å². The molecule has 0 radical (unpaired) electrons. The molecule has 0 bridgehead atoms. The van der Waals surface area contributed by atoms with Crippen LogP contribution in [0.1, 0.15) is 18.7 Å². The summed E-state index contributed by atoms with van der Waals surface area (Å²) in [6, 6.07) is 9.97. The van der Waals surface area contributed by atoms with E-state index in [-0.39, 0.29) is 11.9 Å². The number of nitrogens with one attached hydrogen (secondary N) is 1. The number of carbonyl (C=O) groups excluding carboxylic acids is 1. The Bertz CT molecular complexity index is 611. The molecule has 1 unspecified atom stereocenters. The maximum atomic E-state index is 11.4. The van der Waals surface area contributed by atoms with Crippen molar-refractivity contribution in [3.8, 4) is 11.5 Å². The Hall–Kier alpha value is -2.21. The topological polar surface area (TPSA) is 71.3 Å². The van der Waals surface area contributed by atoms with Crippen LogP contribution in [-0.2, 0) is 11.3 Å². The largest absolute Gasteiger partial charge is 0.419 e. The van der Waals surface area contributed by atoms with Gasteiger partial charge in [0.2, 0.25) is 17.7 Å². The number of amides is 1. The molecule has 1 saturated heterocycles. The summed E-state index contributed by atoms with van der Waals surface area (Å²) in [7, 11) is 1.83. The molecule has 21 heavy (non-hydrogen) atoms. The van der Waals surface area contributed by atoms with Gasteiger partial charge in [-0.3, -0.25) is 4.79 Å². The molecule has 6 nitrogen and oxygen atoms in total. The van der Waals surface area contributed by atoms with E-state index in [2.05, 4.69) is 15.5 Å². The number of rotatable bonds is 4. The molecule has 110 valence electrons. The van der Waals surface area contributed by atoms with Gasteiger partial charge in [-0.15, -0.1) is 10.2 Å². The normalized spacial score (nSPS) is 19.0. The van der Waals surface area contributed by atoms with Crippen LogP contribution < -0.4 is 5.32 Å². The average molecular weight is 286 g/mol. The van der Waals surface area contributed by atoms with Crippen LogP contribution in [0.2, 0.25) is 0 Å². The second-order valence-electron chi connectivity index (χ2n) is 5.26. The molecule has 1 aromatic heterocycles. The van der Waals surface area contributed by atoms with Crippen LogP contribution in [0, 0.1) is 0 Å². The molecule has 1 N–H and O–H groups in total. The first-order valence-electron chi connectivity index (χ1n) is 7.07. The lowest BCUT2D eigenvalue weighted by molar-refractivity contribution is -0.132. The van der Waals surface area contributed by atoms with Crippen molar-refractivity contribution in [1.29, 1.82) is 0 Å².